The normalized spacial score (nSPS) is 18.1. The van der Waals surface area contributed by atoms with E-state index in [2.05, 4.69) is 15.3 Å². The third kappa shape index (κ3) is 3.98. The molecule has 1 aliphatic rings. The quantitative estimate of drug-likeness (QED) is 0.417. The minimum atomic E-state index is -3.65. The SMILES string of the molecule is Cc1nc2ccc3nc(NC(=O)C4CCCN(S(=O)(=O)c5ccc(Cl)s5)C4)sc3c2s1. The molecule has 31 heavy (non-hydrogen) atoms. The van der Waals surface area contributed by atoms with Crippen LogP contribution in [0.4, 0.5) is 5.13 Å². The van der Waals surface area contributed by atoms with Gasteiger partial charge in [0.05, 0.1) is 35.7 Å². The molecule has 162 valence electrons. The van der Waals surface area contributed by atoms with Crippen molar-refractivity contribution in [1.29, 1.82) is 0 Å². The first kappa shape index (κ1) is 21.2. The second kappa shape index (κ2) is 8.05. The summed E-state index contributed by atoms with van der Waals surface area (Å²) in [6.45, 7) is 2.51. The number of aromatic nitrogens is 2. The van der Waals surface area contributed by atoms with Crippen molar-refractivity contribution in [2.75, 3.05) is 18.4 Å². The summed E-state index contributed by atoms with van der Waals surface area (Å²) in [6.07, 6.45) is 1.25. The van der Waals surface area contributed by atoms with Crippen molar-refractivity contribution in [2.24, 2.45) is 5.92 Å². The number of sulfonamides is 1. The van der Waals surface area contributed by atoms with Crippen molar-refractivity contribution in [3.8, 4) is 0 Å². The fraction of sp³-hybridized carbons (Fsp3) is 0.316. The number of carbonyl (C=O) groups excluding carboxylic acids is 1. The molecule has 1 fully saturated rings. The molecule has 12 heteroatoms. The first-order chi connectivity index (χ1) is 14.8. The lowest BCUT2D eigenvalue weighted by Crippen LogP contribution is -2.43. The number of amides is 1. The van der Waals surface area contributed by atoms with Gasteiger partial charge in [0.2, 0.25) is 5.91 Å². The minimum Gasteiger partial charge on any atom is -0.302 e. The van der Waals surface area contributed by atoms with Crippen LogP contribution in [-0.2, 0) is 14.8 Å². The molecule has 1 atom stereocenters. The molecule has 1 unspecified atom stereocenters. The Balaban J connectivity index is 1.35. The molecule has 3 aromatic heterocycles. The summed E-state index contributed by atoms with van der Waals surface area (Å²) in [6, 6.07) is 6.92. The highest BCUT2D eigenvalue weighted by Crippen LogP contribution is 2.36. The molecule has 1 aliphatic heterocycles. The van der Waals surface area contributed by atoms with Crippen molar-refractivity contribution in [3.05, 3.63) is 33.6 Å². The number of anilines is 1. The number of carbonyl (C=O) groups is 1. The topological polar surface area (TPSA) is 92.3 Å². The van der Waals surface area contributed by atoms with Gasteiger partial charge in [0.1, 0.15) is 4.21 Å². The number of fused-ring (bicyclic) bond motifs is 3. The van der Waals surface area contributed by atoms with Gasteiger partial charge >= 0.3 is 0 Å². The number of piperidine rings is 1. The zero-order valence-electron chi connectivity index (χ0n) is 16.3. The molecular formula is C19H17ClN4O3S4. The van der Waals surface area contributed by atoms with Crippen LogP contribution in [0.5, 0.6) is 0 Å². The molecule has 0 bridgehead atoms. The number of rotatable bonds is 4. The third-order valence-corrected chi connectivity index (χ3v) is 10.8. The first-order valence-electron chi connectivity index (χ1n) is 9.54. The molecule has 4 aromatic rings. The summed E-state index contributed by atoms with van der Waals surface area (Å²) in [4.78, 5) is 22.0. The molecule has 0 radical (unpaired) electrons. The fourth-order valence-corrected chi connectivity index (χ4v) is 8.85. The maximum absolute atomic E-state index is 12.9. The summed E-state index contributed by atoms with van der Waals surface area (Å²) >= 11 is 9.97. The van der Waals surface area contributed by atoms with E-state index in [1.807, 2.05) is 19.1 Å². The number of halogens is 1. The highest BCUT2D eigenvalue weighted by atomic mass is 35.5. The number of nitrogens with one attached hydrogen (secondary N) is 1. The maximum atomic E-state index is 12.9. The smallest absolute Gasteiger partial charge is 0.252 e. The number of benzene rings is 1. The average molecular weight is 513 g/mol. The van der Waals surface area contributed by atoms with Gasteiger partial charge in [0.15, 0.2) is 5.13 Å². The number of hydrogen-bond donors (Lipinski definition) is 1. The monoisotopic (exact) mass is 512 g/mol. The fourth-order valence-electron chi connectivity index (χ4n) is 3.68. The second-order valence-corrected chi connectivity index (χ2v) is 13.3. The van der Waals surface area contributed by atoms with Gasteiger partial charge < -0.3 is 5.32 Å². The van der Waals surface area contributed by atoms with E-state index in [-0.39, 0.29) is 16.7 Å². The van der Waals surface area contributed by atoms with Crippen LogP contribution in [0.2, 0.25) is 4.34 Å². The molecule has 1 saturated heterocycles. The van der Waals surface area contributed by atoms with Gasteiger partial charge in [-0.1, -0.05) is 22.9 Å². The van der Waals surface area contributed by atoms with Gasteiger partial charge in [0.25, 0.3) is 10.0 Å². The maximum Gasteiger partial charge on any atom is 0.252 e. The summed E-state index contributed by atoms with van der Waals surface area (Å²) < 4.78 is 29.9. The van der Waals surface area contributed by atoms with E-state index < -0.39 is 15.9 Å². The summed E-state index contributed by atoms with van der Waals surface area (Å²) in [5, 5.41) is 4.40. The Kier molecular flexibility index (Phi) is 5.51. The molecule has 0 saturated carbocycles. The van der Waals surface area contributed by atoms with Crippen molar-refractivity contribution in [2.45, 2.75) is 24.0 Å². The van der Waals surface area contributed by atoms with Gasteiger partial charge in [-0.15, -0.1) is 22.7 Å². The van der Waals surface area contributed by atoms with Gasteiger partial charge in [-0.2, -0.15) is 4.31 Å². The van der Waals surface area contributed by atoms with E-state index in [4.69, 9.17) is 11.6 Å². The molecule has 7 nitrogen and oxygen atoms in total. The summed E-state index contributed by atoms with van der Waals surface area (Å²) in [5.74, 6) is -0.642. The Hall–Kier alpha value is -1.63. The van der Waals surface area contributed by atoms with Crippen LogP contribution >= 0.6 is 45.6 Å². The van der Waals surface area contributed by atoms with Crippen LogP contribution in [0.1, 0.15) is 17.8 Å². The van der Waals surface area contributed by atoms with Gasteiger partial charge in [-0.05, 0) is 44.0 Å². The van der Waals surface area contributed by atoms with Crippen LogP contribution in [0.15, 0.2) is 28.5 Å². The van der Waals surface area contributed by atoms with E-state index in [1.54, 1.807) is 17.4 Å². The molecule has 1 N–H and O–H groups in total. The highest BCUT2D eigenvalue weighted by Gasteiger charge is 2.34. The highest BCUT2D eigenvalue weighted by molar-refractivity contribution is 7.91. The molecule has 4 heterocycles. The molecule has 1 aromatic carbocycles. The average Bonchev–Trinajstić information content (AvgIpc) is 3.45. The van der Waals surface area contributed by atoms with Gasteiger partial charge in [0, 0.05) is 13.1 Å². The lowest BCUT2D eigenvalue weighted by Gasteiger charge is -2.30. The zero-order chi connectivity index (χ0) is 21.8. The van der Waals surface area contributed by atoms with Crippen molar-refractivity contribution in [3.63, 3.8) is 0 Å². The second-order valence-electron chi connectivity index (χ2n) is 7.26. The van der Waals surface area contributed by atoms with E-state index in [0.29, 0.717) is 28.9 Å². The largest absolute Gasteiger partial charge is 0.302 e. The van der Waals surface area contributed by atoms with Crippen LogP contribution in [0.3, 0.4) is 0 Å². The molecule has 0 aliphatic carbocycles. The van der Waals surface area contributed by atoms with Crippen molar-refractivity contribution < 1.29 is 13.2 Å². The summed E-state index contributed by atoms with van der Waals surface area (Å²) in [7, 11) is -3.65. The van der Waals surface area contributed by atoms with Gasteiger partial charge in [-0.25, -0.2) is 18.4 Å². The number of thiazole rings is 2. The van der Waals surface area contributed by atoms with Crippen molar-refractivity contribution in [1.82, 2.24) is 14.3 Å². The van der Waals surface area contributed by atoms with Gasteiger partial charge in [-0.3, -0.25) is 4.79 Å². The number of thiophene rings is 1. The van der Waals surface area contributed by atoms with E-state index in [0.717, 1.165) is 36.8 Å². The van der Waals surface area contributed by atoms with Crippen LogP contribution in [-0.4, -0.2) is 41.7 Å². The van der Waals surface area contributed by atoms with E-state index in [1.165, 1.54) is 21.7 Å². The Labute approximate surface area is 195 Å². The van der Waals surface area contributed by atoms with Crippen molar-refractivity contribution >= 4 is 87.1 Å². The zero-order valence-corrected chi connectivity index (χ0v) is 20.3. The summed E-state index contributed by atoms with van der Waals surface area (Å²) in [5.41, 5.74) is 1.75. The Morgan fingerprint density at radius 1 is 1.13 bits per heavy atom. The van der Waals surface area contributed by atoms with Crippen LogP contribution < -0.4 is 5.32 Å². The molecule has 0 spiro atoms. The van der Waals surface area contributed by atoms with E-state index >= 15 is 0 Å². The Morgan fingerprint density at radius 2 is 1.87 bits per heavy atom. The van der Waals surface area contributed by atoms with Crippen LogP contribution in [0, 0.1) is 12.8 Å². The third-order valence-electron chi connectivity index (χ3n) is 5.15. The first-order valence-corrected chi connectivity index (χ1v) is 13.8. The Morgan fingerprint density at radius 3 is 2.61 bits per heavy atom. The predicted molar refractivity (Wildman–Crippen MR) is 127 cm³/mol. The predicted octanol–water partition coefficient (Wildman–Crippen LogP) is 4.97. The lowest BCUT2D eigenvalue weighted by molar-refractivity contribution is -0.120. The number of aryl methyl sites for hydroxylation is 1. The molecular weight excluding hydrogens is 496 g/mol. The number of hydrogen-bond acceptors (Lipinski definition) is 8. The lowest BCUT2D eigenvalue weighted by atomic mass is 9.99. The number of nitrogens with zero attached hydrogens (tertiary/aromatic N) is 3. The van der Waals surface area contributed by atoms with Crippen LogP contribution in [0.25, 0.3) is 20.4 Å². The Bertz CT molecular complexity index is 1410. The molecule has 1 amide bonds. The minimum absolute atomic E-state index is 0.146. The van der Waals surface area contributed by atoms with E-state index in [9.17, 15) is 13.2 Å². The molecule has 5 rings (SSSR count). The standard InChI is InChI=1S/C19H17ClN4O3S4/c1-10-21-12-4-5-13-17(16(12)28-10)30-19(22-13)23-18(25)11-3-2-8-24(9-11)31(26,27)15-7-6-14(20)29-15/h4-7,11H,2-3,8-9H2,1H3,(H,22,23,25).